The summed E-state index contributed by atoms with van der Waals surface area (Å²) in [4.78, 5) is 25.8. The summed E-state index contributed by atoms with van der Waals surface area (Å²) in [5.74, 6) is 1.00. The molecule has 2 aliphatic rings. The van der Waals surface area contributed by atoms with Gasteiger partial charge in [0.2, 0.25) is 5.91 Å². The predicted octanol–water partition coefficient (Wildman–Crippen LogP) is 2.12. The molecule has 21 heavy (non-hydrogen) atoms. The summed E-state index contributed by atoms with van der Waals surface area (Å²) in [7, 11) is 0. The van der Waals surface area contributed by atoms with Crippen molar-refractivity contribution >= 4 is 11.9 Å². The van der Waals surface area contributed by atoms with Crippen molar-refractivity contribution in [1.82, 2.24) is 15.5 Å². The minimum atomic E-state index is -0.190. The van der Waals surface area contributed by atoms with Gasteiger partial charge in [0.05, 0.1) is 0 Å². The summed E-state index contributed by atoms with van der Waals surface area (Å²) >= 11 is 0. The standard InChI is InChI=1S/C16H29N3O2/c1-16(2,3)18-15(21)19-9-7-12(8-10-19)11-17-14(20)13-5-4-6-13/h12-13H,4-11H2,1-3H3,(H,17,20)(H,18,21). The molecule has 2 rings (SSSR count). The number of piperidine rings is 1. The summed E-state index contributed by atoms with van der Waals surface area (Å²) in [6, 6.07) is 0.0273. The van der Waals surface area contributed by atoms with Crippen LogP contribution in [0.15, 0.2) is 0 Å². The number of likely N-dealkylation sites (tertiary alicyclic amines) is 1. The molecule has 3 amide bonds. The first-order chi connectivity index (χ1) is 9.85. The fourth-order valence-electron chi connectivity index (χ4n) is 2.80. The van der Waals surface area contributed by atoms with E-state index in [1.54, 1.807) is 0 Å². The molecule has 0 spiro atoms. The van der Waals surface area contributed by atoms with Gasteiger partial charge in [0, 0.05) is 31.1 Å². The molecule has 0 bridgehead atoms. The van der Waals surface area contributed by atoms with Gasteiger partial charge in [-0.25, -0.2) is 4.79 Å². The van der Waals surface area contributed by atoms with Gasteiger partial charge in [0.15, 0.2) is 0 Å². The zero-order valence-corrected chi connectivity index (χ0v) is 13.6. The Morgan fingerprint density at radius 1 is 1.10 bits per heavy atom. The second-order valence-electron chi connectivity index (χ2n) is 7.48. The lowest BCUT2D eigenvalue weighted by Crippen LogP contribution is -2.51. The highest BCUT2D eigenvalue weighted by atomic mass is 16.2. The lowest BCUT2D eigenvalue weighted by molar-refractivity contribution is -0.127. The van der Waals surface area contributed by atoms with E-state index in [9.17, 15) is 9.59 Å². The first-order valence-electron chi connectivity index (χ1n) is 8.20. The van der Waals surface area contributed by atoms with Gasteiger partial charge in [0.1, 0.15) is 0 Å². The number of carbonyl (C=O) groups excluding carboxylic acids is 2. The van der Waals surface area contributed by atoms with Gasteiger partial charge in [-0.15, -0.1) is 0 Å². The van der Waals surface area contributed by atoms with Crippen LogP contribution in [0.3, 0.4) is 0 Å². The SMILES string of the molecule is CC(C)(C)NC(=O)N1CCC(CNC(=O)C2CCC2)CC1. The number of amides is 3. The molecule has 2 fully saturated rings. The van der Waals surface area contributed by atoms with Crippen LogP contribution < -0.4 is 10.6 Å². The number of carbonyl (C=O) groups is 2. The van der Waals surface area contributed by atoms with Crippen LogP contribution in [0.4, 0.5) is 4.79 Å². The third-order valence-corrected chi connectivity index (χ3v) is 4.42. The number of rotatable bonds is 3. The molecule has 0 aromatic carbocycles. The fourth-order valence-corrected chi connectivity index (χ4v) is 2.80. The van der Waals surface area contributed by atoms with Crippen molar-refractivity contribution < 1.29 is 9.59 Å². The van der Waals surface area contributed by atoms with Gasteiger partial charge in [0.25, 0.3) is 0 Å². The molecule has 0 aromatic rings. The minimum absolute atomic E-state index is 0.0273. The number of urea groups is 1. The molecule has 1 aliphatic carbocycles. The summed E-state index contributed by atoms with van der Waals surface area (Å²) < 4.78 is 0. The van der Waals surface area contributed by atoms with Crippen LogP contribution in [0.5, 0.6) is 0 Å². The molecule has 2 N–H and O–H groups in total. The Kier molecular flexibility index (Phi) is 5.12. The van der Waals surface area contributed by atoms with E-state index >= 15 is 0 Å². The molecule has 0 radical (unpaired) electrons. The van der Waals surface area contributed by atoms with Gasteiger partial charge < -0.3 is 15.5 Å². The zero-order valence-electron chi connectivity index (χ0n) is 13.6. The maximum Gasteiger partial charge on any atom is 0.317 e. The first-order valence-corrected chi connectivity index (χ1v) is 8.20. The normalized spacial score (nSPS) is 20.8. The van der Waals surface area contributed by atoms with E-state index in [4.69, 9.17) is 0 Å². The third-order valence-electron chi connectivity index (χ3n) is 4.42. The van der Waals surface area contributed by atoms with Crippen LogP contribution in [-0.4, -0.2) is 42.0 Å². The average molecular weight is 295 g/mol. The van der Waals surface area contributed by atoms with Crippen molar-refractivity contribution in [2.75, 3.05) is 19.6 Å². The molecule has 0 aromatic heterocycles. The van der Waals surface area contributed by atoms with Crippen LogP contribution in [0.2, 0.25) is 0 Å². The Bertz CT molecular complexity index is 377. The van der Waals surface area contributed by atoms with Crippen LogP contribution in [0.25, 0.3) is 0 Å². The largest absolute Gasteiger partial charge is 0.356 e. The Morgan fingerprint density at radius 3 is 2.19 bits per heavy atom. The summed E-state index contributed by atoms with van der Waals surface area (Å²) in [6.07, 6.45) is 5.25. The number of hydrogen-bond donors (Lipinski definition) is 2. The molecule has 1 saturated heterocycles. The second-order valence-corrected chi connectivity index (χ2v) is 7.48. The maximum absolute atomic E-state index is 12.1. The van der Waals surface area contributed by atoms with Crippen molar-refractivity contribution in [3.8, 4) is 0 Å². The van der Waals surface area contributed by atoms with E-state index in [1.165, 1.54) is 6.42 Å². The first kappa shape index (κ1) is 16.1. The highest BCUT2D eigenvalue weighted by Crippen LogP contribution is 2.26. The molecule has 0 unspecified atom stereocenters. The Morgan fingerprint density at radius 2 is 1.71 bits per heavy atom. The summed E-state index contributed by atoms with van der Waals surface area (Å²) in [6.45, 7) is 8.32. The highest BCUT2D eigenvalue weighted by molar-refractivity contribution is 5.79. The summed E-state index contributed by atoms with van der Waals surface area (Å²) in [5.41, 5.74) is -0.190. The molecular weight excluding hydrogens is 266 g/mol. The van der Waals surface area contributed by atoms with Crippen molar-refractivity contribution in [3.05, 3.63) is 0 Å². The van der Waals surface area contributed by atoms with E-state index in [0.29, 0.717) is 5.92 Å². The van der Waals surface area contributed by atoms with Crippen molar-refractivity contribution in [1.29, 1.82) is 0 Å². The van der Waals surface area contributed by atoms with Crippen molar-refractivity contribution in [2.24, 2.45) is 11.8 Å². The minimum Gasteiger partial charge on any atom is -0.356 e. The van der Waals surface area contributed by atoms with Gasteiger partial charge in [-0.05, 0) is 52.4 Å². The average Bonchev–Trinajstić information content (AvgIpc) is 2.33. The maximum atomic E-state index is 12.1. The highest BCUT2D eigenvalue weighted by Gasteiger charge is 2.28. The quantitative estimate of drug-likeness (QED) is 0.838. The van der Waals surface area contributed by atoms with E-state index < -0.39 is 0 Å². The monoisotopic (exact) mass is 295 g/mol. The second kappa shape index (κ2) is 6.67. The Labute approximate surface area is 127 Å². The van der Waals surface area contributed by atoms with Crippen molar-refractivity contribution in [3.63, 3.8) is 0 Å². The van der Waals surface area contributed by atoms with Crippen LogP contribution >= 0.6 is 0 Å². The molecule has 1 saturated carbocycles. The van der Waals surface area contributed by atoms with Crippen LogP contribution in [0, 0.1) is 11.8 Å². The van der Waals surface area contributed by atoms with Gasteiger partial charge in [-0.3, -0.25) is 4.79 Å². The third kappa shape index (κ3) is 4.90. The van der Waals surface area contributed by atoms with Crippen molar-refractivity contribution in [2.45, 2.75) is 58.4 Å². The van der Waals surface area contributed by atoms with E-state index in [2.05, 4.69) is 10.6 Å². The summed E-state index contributed by atoms with van der Waals surface area (Å²) in [5, 5.41) is 6.08. The lowest BCUT2D eigenvalue weighted by atomic mass is 9.84. The molecule has 0 atom stereocenters. The van der Waals surface area contributed by atoms with E-state index in [-0.39, 0.29) is 23.4 Å². The smallest absolute Gasteiger partial charge is 0.317 e. The fraction of sp³-hybridized carbons (Fsp3) is 0.875. The van der Waals surface area contributed by atoms with Gasteiger partial charge >= 0.3 is 6.03 Å². The predicted molar refractivity (Wildman–Crippen MR) is 82.9 cm³/mol. The molecule has 1 heterocycles. The van der Waals surface area contributed by atoms with Gasteiger partial charge in [-0.1, -0.05) is 6.42 Å². The van der Waals surface area contributed by atoms with E-state index in [0.717, 1.165) is 45.3 Å². The molecular formula is C16H29N3O2. The zero-order chi connectivity index (χ0) is 15.5. The Hall–Kier alpha value is -1.26. The topological polar surface area (TPSA) is 61.4 Å². The molecule has 120 valence electrons. The number of hydrogen-bond acceptors (Lipinski definition) is 2. The lowest BCUT2D eigenvalue weighted by Gasteiger charge is -2.34. The molecule has 5 heteroatoms. The number of nitrogens with zero attached hydrogens (tertiary/aromatic N) is 1. The Balaban J connectivity index is 1.65. The van der Waals surface area contributed by atoms with Crippen LogP contribution in [-0.2, 0) is 4.79 Å². The molecule has 5 nitrogen and oxygen atoms in total. The number of nitrogens with one attached hydrogen (secondary N) is 2. The van der Waals surface area contributed by atoms with Crippen LogP contribution in [0.1, 0.15) is 52.9 Å². The molecule has 1 aliphatic heterocycles. The van der Waals surface area contributed by atoms with Gasteiger partial charge in [-0.2, -0.15) is 0 Å². The van der Waals surface area contributed by atoms with E-state index in [1.807, 2.05) is 25.7 Å².